The number of halogens is 2. The van der Waals surface area contributed by atoms with Crippen LogP contribution in [0.3, 0.4) is 0 Å². The van der Waals surface area contributed by atoms with E-state index in [2.05, 4.69) is 10.0 Å². The van der Waals surface area contributed by atoms with Crippen LogP contribution >= 0.6 is 12.4 Å². The Morgan fingerprint density at radius 2 is 1.95 bits per heavy atom. The molecule has 1 aromatic rings. The fourth-order valence-electron chi connectivity index (χ4n) is 2.65. The van der Waals surface area contributed by atoms with E-state index < -0.39 is 15.8 Å². The lowest BCUT2D eigenvalue weighted by atomic mass is 10.2. The smallest absolute Gasteiger partial charge is 0.243 e. The van der Waals surface area contributed by atoms with Crippen molar-refractivity contribution in [2.45, 2.75) is 17.9 Å². The van der Waals surface area contributed by atoms with E-state index in [4.69, 9.17) is 0 Å². The molecule has 1 aliphatic carbocycles. The van der Waals surface area contributed by atoms with Crippen LogP contribution in [0, 0.1) is 24.6 Å². The van der Waals surface area contributed by atoms with Crippen LogP contribution in [0.5, 0.6) is 0 Å². The van der Waals surface area contributed by atoms with Gasteiger partial charge >= 0.3 is 0 Å². The summed E-state index contributed by atoms with van der Waals surface area (Å²) in [5, 5.41) is 3.19. The van der Waals surface area contributed by atoms with Crippen LogP contribution in [0.2, 0.25) is 0 Å². The van der Waals surface area contributed by atoms with Crippen molar-refractivity contribution in [2.24, 2.45) is 11.8 Å². The SMILES string of the molecule is Cc1ccc(F)c(S(=O)(=O)NC2C3CNCC32)c1.Cl. The molecule has 0 radical (unpaired) electrons. The van der Waals surface area contributed by atoms with E-state index in [1.165, 1.54) is 12.1 Å². The zero-order chi connectivity index (χ0) is 12.9. The van der Waals surface area contributed by atoms with Crippen molar-refractivity contribution in [2.75, 3.05) is 13.1 Å². The third-order valence-electron chi connectivity index (χ3n) is 3.76. The molecule has 7 heteroatoms. The van der Waals surface area contributed by atoms with Gasteiger partial charge in [0.1, 0.15) is 10.7 Å². The number of aryl methyl sites for hydroxylation is 1. The summed E-state index contributed by atoms with van der Waals surface area (Å²) in [4.78, 5) is -0.250. The molecule has 0 spiro atoms. The van der Waals surface area contributed by atoms with Gasteiger partial charge in [-0.2, -0.15) is 0 Å². The van der Waals surface area contributed by atoms with Gasteiger partial charge in [0.15, 0.2) is 0 Å². The second-order valence-electron chi connectivity index (χ2n) is 5.07. The molecule has 1 aliphatic heterocycles. The predicted molar refractivity (Wildman–Crippen MR) is 72.3 cm³/mol. The summed E-state index contributed by atoms with van der Waals surface area (Å²) in [6, 6.07) is 4.09. The number of nitrogens with one attached hydrogen (secondary N) is 2. The number of fused-ring (bicyclic) bond motifs is 1. The molecule has 1 saturated heterocycles. The van der Waals surface area contributed by atoms with Crippen LogP contribution in [0.1, 0.15) is 5.56 Å². The molecule has 1 aromatic carbocycles. The van der Waals surface area contributed by atoms with E-state index in [-0.39, 0.29) is 23.3 Å². The molecule has 2 aliphatic rings. The topological polar surface area (TPSA) is 58.2 Å². The molecule has 19 heavy (non-hydrogen) atoms. The molecule has 0 bridgehead atoms. The van der Waals surface area contributed by atoms with Crippen molar-refractivity contribution in [3.05, 3.63) is 29.6 Å². The van der Waals surface area contributed by atoms with E-state index in [1.807, 2.05) is 0 Å². The van der Waals surface area contributed by atoms with Crippen molar-refractivity contribution in [3.63, 3.8) is 0 Å². The Morgan fingerprint density at radius 3 is 2.58 bits per heavy atom. The zero-order valence-corrected chi connectivity index (χ0v) is 12.0. The van der Waals surface area contributed by atoms with E-state index in [0.717, 1.165) is 18.7 Å². The van der Waals surface area contributed by atoms with Gasteiger partial charge in [0.2, 0.25) is 10.0 Å². The Balaban J connectivity index is 0.00000133. The summed E-state index contributed by atoms with van der Waals surface area (Å²) in [5.74, 6) is 0.0392. The molecule has 106 valence electrons. The number of benzene rings is 1. The van der Waals surface area contributed by atoms with Crippen molar-refractivity contribution in [1.29, 1.82) is 0 Å². The molecular weight excluding hydrogens is 291 g/mol. The van der Waals surface area contributed by atoms with Crippen molar-refractivity contribution in [3.8, 4) is 0 Å². The summed E-state index contributed by atoms with van der Waals surface area (Å²) >= 11 is 0. The number of sulfonamides is 1. The maximum absolute atomic E-state index is 13.6. The number of piperidine rings is 1. The Morgan fingerprint density at radius 1 is 1.32 bits per heavy atom. The molecule has 2 atom stereocenters. The number of rotatable bonds is 3. The van der Waals surface area contributed by atoms with Crippen LogP contribution in [0.4, 0.5) is 4.39 Å². The lowest BCUT2D eigenvalue weighted by Gasteiger charge is -2.10. The first kappa shape index (κ1) is 14.7. The molecule has 2 fully saturated rings. The molecule has 2 N–H and O–H groups in total. The highest BCUT2D eigenvalue weighted by atomic mass is 35.5. The van der Waals surface area contributed by atoms with Crippen molar-refractivity contribution >= 4 is 22.4 Å². The van der Waals surface area contributed by atoms with Crippen LogP contribution in [-0.2, 0) is 10.0 Å². The first-order valence-electron chi connectivity index (χ1n) is 5.98. The molecule has 0 amide bonds. The molecule has 1 heterocycles. The Kier molecular flexibility index (Phi) is 3.88. The van der Waals surface area contributed by atoms with Crippen LogP contribution in [-0.4, -0.2) is 27.5 Å². The highest BCUT2D eigenvalue weighted by molar-refractivity contribution is 7.89. The summed E-state index contributed by atoms with van der Waals surface area (Å²) in [7, 11) is -3.75. The van der Waals surface area contributed by atoms with E-state index in [0.29, 0.717) is 11.8 Å². The van der Waals surface area contributed by atoms with Crippen molar-refractivity contribution in [1.82, 2.24) is 10.0 Å². The van der Waals surface area contributed by atoms with Gasteiger partial charge in [-0.1, -0.05) is 6.07 Å². The molecule has 1 saturated carbocycles. The van der Waals surface area contributed by atoms with Gasteiger partial charge in [-0.3, -0.25) is 0 Å². The summed E-state index contributed by atoms with van der Waals surface area (Å²) in [5.41, 5.74) is 0.731. The minimum atomic E-state index is -3.75. The molecule has 3 rings (SSSR count). The minimum Gasteiger partial charge on any atom is -0.316 e. The van der Waals surface area contributed by atoms with Gasteiger partial charge in [0.05, 0.1) is 0 Å². The normalized spacial score (nSPS) is 28.6. The van der Waals surface area contributed by atoms with E-state index in [9.17, 15) is 12.8 Å². The van der Waals surface area contributed by atoms with E-state index >= 15 is 0 Å². The maximum Gasteiger partial charge on any atom is 0.243 e. The third kappa shape index (κ3) is 2.63. The van der Waals surface area contributed by atoms with Crippen molar-refractivity contribution < 1.29 is 12.8 Å². The molecule has 0 aromatic heterocycles. The molecular formula is C12H16ClFN2O2S. The average Bonchev–Trinajstić information content (AvgIpc) is 2.77. The van der Waals surface area contributed by atoms with Crippen LogP contribution in [0.15, 0.2) is 23.1 Å². The number of hydrogen-bond acceptors (Lipinski definition) is 3. The lowest BCUT2D eigenvalue weighted by Crippen LogP contribution is -2.33. The standard InChI is InChI=1S/C12H15FN2O2S.ClH/c1-7-2-3-10(13)11(4-7)18(16,17)15-12-8-5-14-6-9(8)12;/h2-4,8-9,12,14-15H,5-6H2,1H3;1H. The predicted octanol–water partition coefficient (Wildman–Crippen LogP) is 1.05. The van der Waals surface area contributed by atoms with Gasteiger partial charge in [-0.15, -0.1) is 12.4 Å². The zero-order valence-electron chi connectivity index (χ0n) is 10.4. The third-order valence-corrected chi connectivity index (χ3v) is 5.23. The Bertz CT molecular complexity index is 583. The van der Waals surface area contributed by atoms with Gasteiger partial charge < -0.3 is 5.32 Å². The fraction of sp³-hybridized carbons (Fsp3) is 0.500. The Hall–Kier alpha value is -0.690. The monoisotopic (exact) mass is 306 g/mol. The van der Waals surface area contributed by atoms with Gasteiger partial charge in [0, 0.05) is 6.04 Å². The summed E-state index contributed by atoms with van der Waals surface area (Å²) in [6.07, 6.45) is 0. The second kappa shape index (κ2) is 5.01. The minimum absolute atomic E-state index is 0. The average molecular weight is 307 g/mol. The highest BCUT2D eigenvalue weighted by Gasteiger charge is 2.54. The number of hydrogen-bond donors (Lipinski definition) is 2. The van der Waals surface area contributed by atoms with Gasteiger partial charge in [-0.05, 0) is 49.5 Å². The van der Waals surface area contributed by atoms with Crippen LogP contribution in [0.25, 0.3) is 0 Å². The maximum atomic E-state index is 13.6. The van der Waals surface area contributed by atoms with Gasteiger partial charge in [-0.25, -0.2) is 17.5 Å². The molecule has 2 unspecified atom stereocenters. The van der Waals surface area contributed by atoms with Gasteiger partial charge in [0.25, 0.3) is 0 Å². The quantitative estimate of drug-likeness (QED) is 0.878. The molecule has 4 nitrogen and oxygen atoms in total. The summed E-state index contributed by atoms with van der Waals surface area (Å²) < 4.78 is 40.4. The largest absolute Gasteiger partial charge is 0.316 e. The highest BCUT2D eigenvalue weighted by Crippen LogP contribution is 2.42. The fourth-order valence-corrected chi connectivity index (χ4v) is 4.15. The lowest BCUT2D eigenvalue weighted by molar-refractivity contribution is 0.546. The Labute approximate surface area is 118 Å². The second-order valence-corrected chi connectivity index (χ2v) is 6.75. The summed E-state index contributed by atoms with van der Waals surface area (Å²) in [6.45, 7) is 3.43. The first-order chi connectivity index (χ1) is 8.49. The first-order valence-corrected chi connectivity index (χ1v) is 7.46. The van der Waals surface area contributed by atoms with E-state index in [1.54, 1.807) is 13.0 Å². The van der Waals surface area contributed by atoms with Crippen LogP contribution < -0.4 is 10.0 Å².